The normalized spacial score (nSPS) is 40.1. The Morgan fingerprint density at radius 1 is 0.926 bits per heavy atom. The van der Waals surface area contributed by atoms with Gasteiger partial charge in [-0.25, -0.2) is 16.8 Å². The molecule has 0 radical (unpaired) electrons. The first kappa shape index (κ1) is 19.3. The van der Waals surface area contributed by atoms with Crippen molar-refractivity contribution < 1.29 is 43.6 Å². The Morgan fingerprint density at radius 2 is 1.56 bits per heavy atom. The number of halogens is 5. The third kappa shape index (κ3) is 2.41. The first-order valence-corrected chi connectivity index (χ1v) is 11.1. The molecule has 5 unspecified atom stereocenters. The van der Waals surface area contributed by atoms with Crippen LogP contribution in [0.15, 0.2) is 0 Å². The summed E-state index contributed by atoms with van der Waals surface area (Å²) in [6.45, 7) is 0. The Labute approximate surface area is 151 Å². The van der Waals surface area contributed by atoms with Crippen LogP contribution in [0.2, 0.25) is 0 Å². The van der Waals surface area contributed by atoms with E-state index < -0.39 is 42.3 Å². The molecule has 4 rings (SSSR count). The molecule has 14 heteroatoms. The molecule has 0 aromatic heterocycles. The van der Waals surface area contributed by atoms with Crippen LogP contribution >= 0.6 is 0 Å². The zero-order valence-electron chi connectivity index (χ0n) is 13.5. The van der Waals surface area contributed by atoms with Gasteiger partial charge in [-0.3, -0.25) is 4.79 Å². The Kier molecular flexibility index (Phi) is 3.66. The van der Waals surface area contributed by atoms with Gasteiger partial charge in [0, 0.05) is 5.54 Å². The zero-order valence-corrected chi connectivity index (χ0v) is 15.1. The molecule has 0 aromatic carbocycles. The quantitative estimate of drug-likeness (QED) is 0.620. The van der Waals surface area contributed by atoms with Crippen molar-refractivity contribution in [1.29, 1.82) is 0 Å². The van der Waals surface area contributed by atoms with Crippen molar-refractivity contribution >= 4 is 26.0 Å². The monoisotopic (exact) mass is 438 g/mol. The summed E-state index contributed by atoms with van der Waals surface area (Å²) < 4.78 is 110. The average Bonchev–Trinajstić information content (AvgIpc) is 3.10. The lowest BCUT2D eigenvalue weighted by Gasteiger charge is -2.38. The van der Waals surface area contributed by atoms with Gasteiger partial charge in [-0.05, 0) is 55.3 Å². The standard InChI is InChI=1S/C13H15F5N2O5S2/c14-12(15,26(22,23)20-27(24,25)13(16,17)18)10(21)19-11-3-6-1-5-2-8(11)9(6)7(5)4-11/h5-9,20H,1-4H2,(H,19,21)/t5?,6?,7?,8?,9?,11-/m1/s1. The van der Waals surface area contributed by atoms with E-state index in [2.05, 4.69) is 5.32 Å². The predicted molar refractivity (Wildman–Crippen MR) is 78.8 cm³/mol. The van der Waals surface area contributed by atoms with Gasteiger partial charge in [-0.2, -0.15) is 22.0 Å². The van der Waals surface area contributed by atoms with Gasteiger partial charge in [0.1, 0.15) is 0 Å². The van der Waals surface area contributed by atoms with Crippen LogP contribution in [0.4, 0.5) is 22.0 Å². The summed E-state index contributed by atoms with van der Waals surface area (Å²) in [5.74, 6) is -1.05. The van der Waals surface area contributed by atoms with Crippen LogP contribution in [0.25, 0.3) is 0 Å². The molecule has 4 fully saturated rings. The molecule has 0 heterocycles. The van der Waals surface area contributed by atoms with Crippen LogP contribution in [0.1, 0.15) is 25.7 Å². The van der Waals surface area contributed by atoms with Crippen LogP contribution < -0.4 is 9.44 Å². The Balaban J connectivity index is 1.55. The van der Waals surface area contributed by atoms with Crippen molar-refractivity contribution in [1.82, 2.24) is 9.44 Å². The van der Waals surface area contributed by atoms with Crippen LogP contribution in [-0.4, -0.2) is 39.0 Å². The highest BCUT2D eigenvalue weighted by atomic mass is 32.3. The lowest BCUT2D eigenvalue weighted by molar-refractivity contribution is -0.138. The lowest BCUT2D eigenvalue weighted by atomic mass is 9.78. The third-order valence-electron chi connectivity index (χ3n) is 6.70. The van der Waals surface area contributed by atoms with E-state index in [1.807, 2.05) is 0 Å². The fraction of sp³-hybridized carbons (Fsp3) is 0.923. The topological polar surface area (TPSA) is 109 Å². The van der Waals surface area contributed by atoms with Crippen LogP contribution in [0.3, 0.4) is 0 Å². The fourth-order valence-corrected chi connectivity index (χ4v) is 8.26. The minimum atomic E-state index is -6.62. The molecular formula is C13H15F5N2O5S2. The van der Waals surface area contributed by atoms with E-state index >= 15 is 0 Å². The van der Waals surface area contributed by atoms with Crippen molar-refractivity contribution in [2.24, 2.45) is 29.6 Å². The molecule has 7 nitrogen and oxygen atoms in total. The Hall–Kier alpha value is -1.02. The summed E-state index contributed by atoms with van der Waals surface area (Å²) in [5, 5.41) is -3.33. The van der Waals surface area contributed by atoms with Gasteiger partial charge in [0.15, 0.2) is 0 Å². The highest BCUT2D eigenvalue weighted by Gasteiger charge is 2.73. The van der Waals surface area contributed by atoms with Crippen molar-refractivity contribution in [2.45, 2.75) is 42.0 Å². The van der Waals surface area contributed by atoms with Crippen molar-refractivity contribution in [3.8, 4) is 0 Å². The summed E-state index contributed by atoms with van der Waals surface area (Å²) in [7, 11) is -13.1. The lowest BCUT2D eigenvalue weighted by Crippen LogP contribution is -2.60. The smallest absolute Gasteiger partial charge is 0.344 e. The number of sulfonamides is 2. The molecule has 0 spiro atoms. The van der Waals surface area contributed by atoms with Crippen molar-refractivity contribution in [2.75, 3.05) is 0 Å². The summed E-state index contributed by atoms with van der Waals surface area (Å²) in [6, 6.07) is 0. The van der Waals surface area contributed by atoms with E-state index in [-0.39, 0.29) is 21.9 Å². The van der Waals surface area contributed by atoms with Crippen LogP contribution in [0.5, 0.6) is 0 Å². The maximum absolute atomic E-state index is 14.1. The number of amides is 1. The van der Waals surface area contributed by atoms with Gasteiger partial charge in [-0.1, -0.05) is 4.13 Å². The Morgan fingerprint density at radius 3 is 2.07 bits per heavy atom. The number of hydrogen-bond donors (Lipinski definition) is 2. The zero-order chi connectivity index (χ0) is 20.2. The second kappa shape index (κ2) is 5.12. The first-order chi connectivity index (χ1) is 12.1. The summed E-state index contributed by atoms with van der Waals surface area (Å²) in [6.07, 6.45) is 2.53. The predicted octanol–water partition coefficient (Wildman–Crippen LogP) is 0.899. The highest BCUT2D eigenvalue weighted by molar-refractivity contribution is 8.05. The van der Waals surface area contributed by atoms with E-state index in [0.717, 1.165) is 12.8 Å². The first-order valence-electron chi connectivity index (χ1n) is 8.16. The fourth-order valence-electron chi connectivity index (χ4n) is 6.02. The summed E-state index contributed by atoms with van der Waals surface area (Å²) in [5.41, 5.74) is -7.12. The molecule has 154 valence electrons. The molecule has 4 aliphatic carbocycles. The molecular weight excluding hydrogens is 423 g/mol. The molecule has 0 aliphatic heterocycles. The van der Waals surface area contributed by atoms with Gasteiger partial charge in [0.25, 0.3) is 0 Å². The van der Waals surface area contributed by atoms with Gasteiger partial charge in [0.2, 0.25) is 0 Å². The summed E-state index contributed by atoms with van der Waals surface area (Å²) >= 11 is 0. The number of rotatable bonds is 5. The third-order valence-corrected chi connectivity index (χ3v) is 9.92. The van der Waals surface area contributed by atoms with E-state index in [0.29, 0.717) is 24.7 Å². The number of hydrogen-bond acceptors (Lipinski definition) is 5. The van der Waals surface area contributed by atoms with Crippen LogP contribution in [-0.2, 0) is 24.8 Å². The maximum Gasteiger partial charge on any atom is 0.512 e. The van der Waals surface area contributed by atoms with E-state index in [1.54, 1.807) is 0 Å². The number of alkyl halides is 5. The van der Waals surface area contributed by atoms with Crippen molar-refractivity contribution in [3.05, 3.63) is 0 Å². The largest absolute Gasteiger partial charge is 0.512 e. The minimum Gasteiger partial charge on any atom is -0.344 e. The Bertz CT molecular complexity index is 914. The molecule has 0 saturated heterocycles. The molecule has 4 aliphatic rings. The summed E-state index contributed by atoms with van der Waals surface area (Å²) in [4.78, 5) is 12.0. The van der Waals surface area contributed by atoms with Crippen LogP contribution in [0, 0.1) is 29.6 Å². The number of carbonyl (C=O) groups excluding carboxylic acids is 1. The second-order valence-corrected chi connectivity index (χ2v) is 11.6. The molecule has 6 atom stereocenters. The van der Waals surface area contributed by atoms with E-state index in [1.165, 1.54) is 0 Å². The molecule has 4 saturated carbocycles. The van der Waals surface area contributed by atoms with Crippen molar-refractivity contribution in [3.63, 3.8) is 0 Å². The number of nitrogens with one attached hydrogen (secondary N) is 2. The minimum absolute atomic E-state index is 0.0550. The van der Waals surface area contributed by atoms with E-state index in [9.17, 15) is 43.6 Å². The van der Waals surface area contributed by atoms with Gasteiger partial charge < -0.3 is 5.32 Å². The molecule has 2 N–H and O–H groups in total. The van der Waals surface area contributed by atoms with Gasteiger partial charge in [-0.15, -0.1) is 0 Å². The molecule has 27 heavy (non-hydrogen) atoms. The van der Waals surface area contributed by atoms with E-state index in [4.69, 9.17) is 0 Å². The van der Waals surface area contributed by atoms with Gasteiger partial charge in [0.05, 0.1) is 0 Å². The molecule has 1 amide bonds. The maximum atomic E-state index is 14.1. The average molecular weight is 438 g/mol. The molecule has 0 aromatic rings. The highest BCUT2D eigenvalue weighted by Crippen LogP contribution is 2.74. The van der Waals surface area contributed by atoms with Gasteiger partial charge >= 0.3 is 36.7 Å². The second-order valence-electron chi connectivity index (χ2n) is 7.91. The SMILES string of the molecule is O=C(N[C@@]12CC3CC4CC1C3C4C2)C(F)(F)S(=O)(=O)NS(=O)(=O)C(F)(F)F. The molecule has 5 bridgehead atoms. The number of carbonyl (C=O) groups is 1.